The van der Waals surface area contributed by atoms with Crippen molar-refractivity contribution in [2.24, 2.45) is 5.73 Å². The second-order valence-electron chi connectivity index (χ2n) is 2.92. The Hall–Kier alpha value is -1.09. The van der Waals surface area contributed by atoms with Crippen LogP contribution in [0.4, 0.5) is 4.39 Å². The van der Waals surface area contributed by atoms with Gasteiger partial charge in [0.05, 0.1) is 0 Å². The summed E-state index contributed by atoms with van der Waals surface area (Å²) in [6.07, 6.45) is 0. The highest BCUT2D eigenvalue weighted by molar-refractivity contribution is 5.41. The molecule has 0 spiro atoms. The van der Waals surface area contributed by atoms with Gasteiger partial charge in [-0.05, 0) is 25.5 Å². The van der Waals surface area contributed by atoms with Crippen molar-refractivity contribution in [1.29, 1.82) is 0 Å². The highest BCUT2D eigenvalue weighted by atomic mass is 19.1. The van der Waals surface area contributed by atoms with Crippen LogP contribution in [0.3, 0.4) is 0 Å². The fourth-order valence-corrected chi connectivity index (χ4v) is 1.26. The zero-order valence-corrected chi connectivity index (χ0v) is 7.13. The minimum absolute atomic E-state index is 0.329. The molecule has 0 aromatic heterocycles. The molecule has 1 rings (SSSR count). The lowest BCUT2D eigenvalue weighted by molar-refractivity contribution is 0.421. The highest BCUT2D eigenvalue weighted by Gasteiger charge is 2.12. The summed E-state index contributed by atoms with van der Waals surface area (Å²) in [6.45, 7) is 3.50. The summed E-state index contributed by atoms with van der Waals surface area (Å²) in [5.41, 5.74) is 6.85. The maximum atomic E-state index is 12.8. The lowest BCUT2D eigenvalue weighted by Crippen LogP contribution is -2.07. The predicted molar refractivity (Wildman–Crippen MR) is 45.4 cm³/mol. The van der Waals surface area contributed by atoms with E-state index in [0.717, 1.165) is 5.56 Å². The van der Waals surface area contributed by atoms with Crippen LogP contribution in [0.25, 0.3) is 0 Å². The first-order valence-corrected chi connectivity index (χ1v) is 3.77. The Balaban J connectivity index is 3.33. The first-order chi connectivity index (χ1) is 5.54. The molecule has 1 aromatic carbocycles. The van der Waals surface area contributed by atoms with Gasteiger partial charge in [-0.1, -0.05) is 6.07 Å². The molecular formula is C9H12FNO. The number of phenols is 1. The standard InChI is InChI=1S/C9H12FNO/c1-5-3-4-7(10)9(12)8(5)6(2)11/h3-4,6,12H,11H2,1-2H3/t6-/m0/s1. The van der Waals surface area contributed by atoms with Crippen molar-refractivity contribution >= 4 is 0 Å². The van der Waals surface area contributed by atoms with Crippen LogP contribution in [0, 0.1) is 12.7 Å². The van der Waals surface area contributed by atoms with E-state index in [0.29, 0.717) is 5.56 Å². The van der Waals surface area contributed by atoms with E-state index >= 15 is 0 Å². The number of aromatic hydroxyl groups is 1. The van der Waals surface area contributed by atoms with Gasteiger partial charge in [0.25, 0.3) is 0 Å². The van der Waals surface area contributed by atoms with Crippen LogP contribution in [0.15, 0.2) is 12.1 Å². The third kappa shape index (κ3) is 1.41. The van der Waals surface area contributed by atoms with Crippen LogP contribution in [0.2, 0.25) is 0 Å². The Labute approximate surface area is 70.8 Å². The van der Waals surface area contributed by atoms with Crippen molar-refractivity contribution < 1.29 is 9.50 Å². The smallest absolute Gasteiger partial charge is 0.165 e. The summed E-state index contributed by atoms with van der Waals surface area (Å²) < 4.78 is 12.8. The van der Waals surface area contributed by atoms with Gasteiger partial charge in [0.2, 0.25) is 0 Å². The summed E-state index contributed by atoms with van der Waals surface area (Å²) >= 11 is 0. The van der Waals surface area contributed by atoms with E-state index in [1.165, 1.54) is 6.07 Å². The van der Waals surface area contributed by atoms with Crippen molar-refractivity contribution in [1.82, 2.24) is 0 Å². The summed E-state index contributed by atoms with van der Waals surface area (Å²) in [7, 11) is 0. The average Bonchev–Trinajstić information content (AvgIpc) is 1.97. The molecule has 66 valence electrons. The van der Waals surface area contributed by atoms with Crippen molar-refractivity contribution in [2.45, 2.75) is 19.9 Å². The van der Waals surface area contributed by atoms with Crippen molar-refractivity contribution in [3.8, 4) is 5.75 Å². The SMILES string of the molecule is Cc1ccc(F)c(O)c1[C@H](C)N. The fourth-order valence-electron chi connectivity index (χ4n) is 1.26. The van der Waals surface area contributed by atoms with Gasteiger partial charge in [-0.25, -0.2) is 4.39 Å². The number of rotatable bonds is 1. The van der Waals surface area contributed by atoms with Crippen molar-refractivity contribution in [3.63, 3.8) is 0 Å². The third-order valence-electron chi connectivity index (χ3n) is 1.84. The Morgan fingerprint density at radius 2 is 2.08 bits per heavy atom. The Kier molecular flexibility index (Phi) is 2.33. The van der Waals surface area contributed by atoms with Gasteiger partial charge < -0.3 is 10.8 Å². The molecule has 0 heterocycles. The molecule has 0 fully saturated rings. The molecule has 0 aliphatic rings. The number of phenolic OH excluding ortho intramolecular Hbond substituents is 1. The minimum Gasteiger partial charge on any atom is -0.505 e. The molecular weight excluding hydrogens is 157 g/mol. The van der Waals surface area contributed by atoms with E-state index in [-0.39, 0.29) is 11.8 Å². The molecule has 0 aliphatic heterocycles. The number of hydrogen-bond acceptors (Lipinski definition) is 2. The molecule has 12 heavy (non-hydrogen) atoms. The van der Waals surface area contributed by atoms with Crippen LogP contribution < -0.4 is 5.73 Å². The molecule has 3 heteroatoms. The van der Waals surface area contributed by atoms with Crippen molar-refractivity contribution in [2.75, 3.05) is 0 Å². The van der Waals surface area contributed by atoms with Crippen LogP contribution in [-0.2, 0) is 0 Å². The first kappa shape index (κ1) is 9.00. The molecule has 0 amide bonds. The van der Waals surface area contributed by atoms with Gasteiger partial charge in [0, 0.05) is 11.6 Å². The third-order valence-corrected chi connectivity index (χ3v) is 1.84. The number of aryl methyl sites for hydroxylation is 1. The summed E-state index contributed by atoms with van der Waals surface area (Å²) in [6, 6.07) is 2.49. The van der Waals surface area contributed by atoms with Gasteiger partial charge in [-0.3, -0.25) is 0 Å². The molecule has 3 N–H and O–H groups in total. The van der Waals surface area contributed by atoms with Crippen LogP contribution in [0.5, 0.6) is 5.75 Å². The maximum absolute atomic E-state index is 12.8. The Bertz CT molecular complexity index is 297. The molecule has 0 unspecified atom stereocenters. The fraction of sp³-hybridized carbons (Fsp3) is 0.333. The molecule has 2 nitrogen and oxygen atoms in total. The van der Waals surface area contributed by atoms with Crippen molar-refractivity contribution in [3.05, 3.63) is 29.1 Å². The second-order valence-corrected chi connectivity index (χ2v) is 2.92. The zero-order valence-electron chi connectivity index (χ0n) is 7.13. The van der Waals surface area contributed by atoms with E-state index in [9.17, 15) is 9.50 Å². The van der Waals surface area contributed by atoms with E-state index < -0.39 is 5.82 Å². The number of benzene rings is 1. The average molecular weight is 169 g/mol. The normalized spacial score (nSPS) is 13.0. The molecule has 0 saturated heterocycles. The number of nitrogens with two attached hydrogens (primary N) is 1. The lowest BCUT2D eigenvalue weighted by Gasteiger charge is -2.11. The van der Waals surface area contributed by atoms with Gasteiger partial charge in [-0.15, -0.1) is 0 Å². The van der Waals surface area contributed by atoms with Gasteiger partial charge in [0.1, 0.15) is 0 Å². The van der Waals surface area contributed by atoms with Crippen LogP contribution >= 0.6 is 0 Å². The molecule has 0 bridgehead atoms. The van der Waals surface area contributed by atoms with E-state index in [1.807, 2.05) is 0 Å². The molecule has 0 aliphatic carbocycles. The first-order valence-electron chi connectivity index (χ1n) is 3.77. The van der Waals surface area contributed by atoms with Crippen LogP contribution in [-0.4, -0.2) is 5.11 Å². The summed E-state index contributed by atoms with van der Waals surface area (Å²) in [5.74, 6) is -0.946. The van der Waals surface area contributed by atoms with E-state index in [1.54, 1.807) is 19.9 Å². The second kappa shape index (κ2) is 3.11. The number of halogens is 1. The minimum atomic E-state index is -0.618. The number of hydrogen-bond donors (Lipinski definition) is 2. The highest BCUT2D eigenvalue weighted by Crippen LogP contribution is 2.28. The summed E-state index contributed by atoms with van der Waals surface area (Å²) in [5, 5.41) is 9.29. The van der Waals surface area contributed by atoms with Gasteiger partial charge in [0.15, 0.2) is 11.6 Å². The lowest BCUT2D eigenvalue weighted by atomic mass is 10.0. The monoisotopic (exact) mass is 169 g/mol. The Morgan fingerprint density at radius 1 is 1.50 bits per heavy atom. The maximum Gasteiger partial charge on any atom is 0.165 e. The van der Waals surface area contributed by atoms with E-state index in [4.69, 9.17) is 5.73 Å². The van der Waals surface area contributed by atoms with E-state index in [2.05, 4.69) is 0 Å². The van der Waals surface area contributed by atoms with Gasteiger partial charge >= 0.3 is 0 Å². The largest absolute Gasteiger partial charge is 0.505 e. The Morgan fingerprint density at radius 3 is 2.50 bits per heavy atom. The molecule has 0 radical (unpaired) electrons. The molecule has 1 atom stereocenters. The topological polar surface area (TPSA) is 46.2 Å². The predicted octanol–water partition coefficient (Wildman–Crippen LogP) is 1.86. The zero-order chi connectivity index (χ0) is 9.30. The van der Waals surface area contributed by atoms with Crippen LogP contribution in [0.1, 0.15) is 24.1 Å². The summed E-state index contributed by atoms with van der Waals surface area (Å²) in [4.78, 5) is 0. The molecule has 0 saturated carbocycles. The van der Waals surface area contributed by atoms with Gasteiger partial charge in [-0.2, -0.15) is 0 Å². The quantitative estimate of drug-likeness (QED) is 0.674. The molecule has 1 aromatic rings.